The highest BCUT2D eigenvalue weighted by Gasteiger charge is 2.25. The summed E-state index contributed by atoms with van der Waals surface area (Å²) in [4.78, 5) is 24.1. The molecule has 1 atom stereocenters. The van der Waals surface area contributed by atoms with Crippen LogP contribution in [0.4, 0.5) is 5.69 Å². The van der Waals surface area contributed by atoms with Crippen LogP contribution in [0.2, 0.25) is 0 Å². The molecule has 2 N–H and O–H groups in total. The van der Waals surface area contributed by atoms with Crippen molar-refractivity contribution in [3.05, 3.63) is 18.2 Å². The Labute approximate surface area is 122 Å². The van der Waals surface area contributed by atoms with Gasteiger partial charge in [-0.05, 0) is 19.1 Å². The topological polar surface area (TPSA) is 88.1 Å². The molecule has 1 aromatic carbocycles. The zero-order valence-corrected chi connectivity index (χ0v) is 12.0. The Kier molecular flexibility index (Phi) is 4.52. The second kappa shape index (κ2) is 6.34. The molecule has 114 valence electrons. The van der Waals surface area contributed by atoms with Crippen LogP contribution >= 0.6 is 0 Å². The monoisotopic (exact) mass is 294 g/mol. The second-order valence-electron chi connectivity index (χ2n) is 4.81. The molecule has 0 aromatic heterocycles. The Morgan fingerprint density at radius 2 is 2.29 bits per heavy atom. The van der Waals surface area contributed by atoms with Crippen LogP contribution in [0.25, 0.3) is 0 Å². The van der Waals surface area contributed by atoms with Crippen LogP contribution < -0.4 is 19.7 Å². The van der Waals surface area contributed by atoms with Gasteiger partial charge in [-0.3, -0.25) is 9.59 Å². The van der Waals surface area contributed by atoms with Crippen molar-refractivity contribution in [2.24, 2.45) is 0 Å². The van der Waals surface area contributed by atoms with Crippen molar-refractivity contribution in [2.45, 2.75) is 13.0 Å². The largest absolute Gasteiger partial charge is 0.497 e. The zero-order valence-electron chi connectivity index (χ0n) is 12.0. The first-order valence-corrected chi connectivity index (χ1v) is 6.57. The maximum Gasteiger partial charge on any atom is 0.322 e. The predicted molar refractivity (Wildman–Crippen MR) is 75.9 cm³/mol. The van der Waals surface area contributed by atoms with E-state index in [2.05, 4.69) is 5.32 Å². The van der Waals surface area contributed by atoms with Crippen molar-refractivity contribution in [3.8, 4) is 11.5 Å². The van der Waals surface area contributed by atoms with E-state index in [9.17, 15) is 9.59 Å². The number of carbonyl (C=O) groups is 2. The number of fused-ring (bicyclic) bond motifs is 1. The van der Waals surface area contributed by atoms with Gasteiger partial charge in [-0.2, -0.15) is 0 Å². The lowest BCUT2D eigenvalue weighted by Crippen LogP contribution is -2.45. The van der Waals surface area contributed by atoms with Crippen LogP contribution in [0.1, 0.15) is 6.92 Å². The van der Waals surface area contributed by atoms with Gasteiger partial charge in [0.25, 0.3) is 0 Å². The lowest BCUT2D eigenvalue weighted by atomic mass is 10.2. The lowest BCUT2D eigenvalue weighted by molar-refractivity contribution is -0.137. The van der Waals surface area contributed by atoms with E-state index < -0.39 is 5.97 Å². The Hall–Kier alpha value is -2.44. The van der Waals surface area contributed by atoms with Crippen LogP contribution in [-0.4, -0.2) is 49.8 Å². The van der Waals surface area contributed by atoms with Crippen LogP contribution in [0.15, 0.2) is 18.2 Å². The maximum absolute atomic E-state index is 11.8. The number of carboxylic acids is 1. The summed E-state index contributed by atoms with van der Waals surface area (Å²) in [5.41, 5.74) is 0.762. The first-order chi connectivity index (χ1) is 9.99. The van der Waals surface area contributed by atoms with Gasteiger partial charge in [0.15, 0.2) is 0 Å². The van der Waals surface area contributed by atoms with Gasteiger partial charge in [-0.25, -0.2) is 0 Å². The Balaban J connectivity index is 2.13. The number of methoxy groups -OCH3 is 1. The summed E-state index contributed by atoms with van der Waals surface area (Å²) < 4.78 is 10.9. The summed E-state index contributed by atoms with van der Waals surface area (Å²) in [6, 6.07) is 5.39. The van der Waals surface area contributed by atoms with Crippen molar-refractivity contribution < 1.29 is 24.2 Å². The van der Waals surface area contributed by atoms with E-state index in [4.69, 9.17) is 14.6 Å². The first-order valence-electron chi connectivity index (χ1n) is 6.57. The Morgan fingerprint density at radius 3 is 2.95 bits per heavy atom. The summed E-state index contributed by atoms with van der Waals surface area (Å²) in [7, 11) is 1.57. The highest BCUT2D eigenvalue weighted by molar-refractivity contribution is 5.85. The lowest BCUT2D eigenvalue weighted by Gasteiger charge is -2.34. The summed E-state index contributed by atoms with van der Waals surface area (Å²) in [5.74, 6) is -0.0653. The third kappa shape index (κ3) is 3.77. The number of nitrogens with zero attached hydrogens (tertiary/aromatic N) is 1. The summed E-state index contributed by atoms with van der Waals surface area (Å²) in [5, 5.41) is 10.9. The number of aliphatic carboxylic acids is 1. The minimum absolute atomic E-state index is 0.0573. The molecule has 1 aliphatic rings. The van der Waals surface area contributed by atoms with Gasteiger partial charge in [0, 0.05) is 6.07 Å². The fourth-order valence-electron chi connectivity index (χ4n) is 2.19. The van der Waals surface area contributed by atoms with Crippen LogP contribution in [-0.2, 0) is 9.59 Å². The van der Waals surface area contributed by atoms with E-state index >= 15 is 0 Å². The molecule has 1 aromatic rings. The first kappa shape index (κ1) is 15.0. The minimum atomic E-state index is -1.07. The van der Waals surface area contributed by atoms with E-state index in [1.165, 1.54) is 0 Å². The van der Waals surface area contributed by atoms with E-state index in [0.29, 0.717) is 18.0 Å². The number of carboxylic acid groups (broad SMARTS) is 1. The fraction of sp³-hybridized carbons (Fsp3) is 0.429. The standard InChI is InChI=1S/C14H18N2O5/c1-9-7-16(8-13(17)15-6-14(18)19)11-5-10(20-2)3-4-12(11)21-9/h3-5,9H,6-8H2,1-2H3,(H,15,17)(H,18,19). The Morgan fingerprint density at radius 1 is 1.52 bits per heavy atom. The molecule has 21 heavy (non-hydrogen) atoms. The summed E-state index contributed by atoms with van der Waals surface area (Å²) in [6.07, 6.45) is -0.0573. The molecule has 1 unspecified atom stereocenters. The fourth-order valence-corrected chi connectivity index (χ4v) is 2.19. The molecule has 0 spiro atoms. The molecule has 2 rings (SSSR count). The quantitative estimate of drug-likeness (QED) is 0.821. The van der Waals surface area contributed by atoms with Crippen molar-refractivity contribution in [2.75, 3.05) is 31.6 Å². The van der Waals surface area contributed by atoms with Gasteiger partial charge < -0.3 is 24.8 Å². The van der Waals surface area contributed by atoms with Crippen molar-refractivity contribution in [3.63, 3.8) is 0 Å². The van der Waals surface area contributed by atoms with E-state index in [1.54, 1.807) is 25.3 Å². The smallest absolute Gasteiger partial charge is 0.322 e. The number of anilines is 1. The predicted octanol–water partition coefficient (Wildman–Crippen LogP) is 0.483. The number of nitrogens with one attached hydrogen (secondary N) is 1. The Bertz CT molecular complexity index is 546. The van der Waals surface area contributed by atoms with E-state index in [-0.39, 0.29) is 25.1 Å². The molecule has 0 bridgehead atoms. The number of hydrogen-bond acceptors (Lipinski definition) is 5. The normalized spacial score (nSPS) is 16.7. The molecule has 1 amide bonds. The third-order valence-corrected chi connectivity index (χ3v) is 3.08. The van der Waals surface area contributed by atoms with Gasteiger partial charge in [0.1, 0.15) is 24.1 Å². The van der Waals surface area contributed by atoms with Gasteiger partial charge in [0.05, 0.1) is 25.9 Å². The number of carbonyl (C=O) groups excluding carboxylic acids is 1. The minimum Gasteiger partial charge on any atom is -0.497 e. The van der Waals surface area contributed by atoms with Gasteiger partial charge in [-0.15, -0.1) is 0 Å². The van der Waals surface area contributed by atoms with Crippen molar-refractivity contribution >= 4 is 17.6 Å². The molecule has 7 heteroatoms. The number of hydrogen-bond donors (Lipinski definition) is 2. The highest BCUT2D eigenvalue weighted by atomic mass is 16.5. The van der Waals surface area contributed by atoms with Gasteiger partial charge in [0.2, 0.25) is 5.91 Å². The SMILES string of the molecule is COc1ccc2c(c1)N(CC(=O)NCC(=O)O)CC(C)O2. The molecule has 0 radical (unpaired) electrons. The molecule has 1 heterocycles. The van der Waals surface area contributed by atoms with Crippen molar-refractivity contribution in [1.82, 2.24) is 5.32 Å². The number of ether oxygens (including phenoxy) is 2. The molecule has 0 saturated heterocycles. The molecular formula is C14H18N2O5. The highest BCUT2D eigenvalue weighted by Crippen LogP contribution is 2.36. The number of rotatable bonds is 5. The van der Waals surface area contributed by atoms with Gasteiger partial charge >= 0.3 is 5.97 Å². The average Bonchev–Trinajstić information content (AvgIpc) is 2.44. The number of amides is 1. The number of benzene rings is 1. The van der Waals surface area contributed by atoms with Crippen molar-refractivity contribution in [1.29, 1.82) is 0 Å². The van der Waals surface area contributed by atoms with E-state index in [0.717, 1.165) is 5.69 Å². The average molecular weight is 294 g/mol. The summed E-state index contributed by atoms with van der Waals surface area (Å²) in [6.45, 7) is 2.14. The molecule has 1 aliphatic heterocycles. The molecule has 0 fully saturated rings. The zero-order chi connectivity index (χ0) is 15.4. The maximum atomic E-state index is 11.8. The second-order valence-corrected chi connectivity index (χ2v) is 4.81. The molecular weight excluding hydrogens is 276 g/mol. The summed E-state index contributed by atoms with van der Waals surface area (Å²) >= 11 is 0. The molecule has 0 aliphatic carbocycles. The molecule has 0 saturated carbocycles. The molecule has 7 nitrogen and oxygen atoms in total. The van der Waals surface area contributed by atoms with Crippen LogP contribution in [0.3, 0.4) is 0 Å². The van der Waals surface area contributed by atoms with Crippen LogP contribution in [0, 0.1) is 0 Å². The van der Waals surface area contributed by atoms with Crippen LogP contribution in [0.5, 0.6) is 11.5 Å². The van der Waals surface area contributed by atoms with E-state index in [1.807, 2.05) is 11.8 Å². The third-order valence-electron chi connectivity index (χ3n) is 3.08. The van der Waals surface area contributed by atoms with Gasteiger partial charge in [-0.1, -0.05) is 0 Å².